The van der Waals surface area contributed by atoms with Crippen molar-refractivity contribution < 1.29 is 18.0 Å². The van der Waals surface area contributed by atoms with Crippen LogP contribution in [0.25, 0.3) is 0 Å². The molecular formula is C23H27N3O4S2. The van der Waals surface area contributed by atoms with Crippen LogP contribution in [0.5, 0.6) is 0 Å². The van der Waals surface area contributed by atoms with Gasteiger partial charge in [-0.1, -0.05) is 31.0 Å². The van der Waals surface area contributed by atoms with Crippen LogP contribution in [0, 0.1) is 13.8 Å². The number of likely N-dealkylation sites (tertiary alicyclic amines) is 1. The molecular weight excluding hydrogens is 446 g/mol. The van der Waals surface area contributed by atoms with Crippen LogP contribution >= 0.6 is 11.8 Å². The molecule has 0 aliphatic carbocycles. The molecule has 0 aromatic heterocycles. The van der Waals surface area contributed by atoms with Gasteiger partial charge >= 0.3 is 0 Å². The van der Waals surface area contributed by atoms with E-state index >= 15 is 0 Å². The van der Waals surface area contributed by atoms with Gasteiger partial charge < -0.3 is 10.2 Å². The van der Waals surface area contributed by atoms with Crippen molar-refractivity contribution in [2.75, 3.05) is 23.1 Å². The fourth-order valence-corrected chi connectivity index (χ4v) is 6.33. The van der Waals surface area contributed by atoms with Gasteiger partial charge in [0.15, 0.2) is 5.25 Å². The molecule has 7 nitrogen and oxygen atoms in total. The maximum atomic E-state index is 13.0. The second-order valence-corrected chi connectivity index (χ2v) is 11.1. The maximum Gasteiger partial charge on any atom is 0.261 e. The molecule has 2 aromatic carbocycles. The fraction of sp³-hybridized carbons (Fsp3) is 0.391. The summed E-state index contributed by atoms with van der Waals surface area (Å²) < 4.78 is 28.6. The lowest BCUT2D eigenvalue weighted by atomic mass is 10.1. The monoisotopic (exact) mass is 473 g/mol. The van der Waals surface area contributed by atoms with Crippen LogP contribution < -0.4 is 10.0 Å². The third-order valence-corrected chi connectivity index (χ3v) is 8.47. The second-order valence-electron chi connectivity index (χ2n) is 8.26. The Morgan fingerprint density at radius 1 is 1.06 bits per heavy atom. The number of rotatable bonds is 4. The first-order valence-corrected chi connectivity index (χ1v) is 13.1. The summed E-state index contributed by atoms with van der Waals surface area (Å²) in [4.78, 5) is 28.2. The van der Waals surface area contributed by atoms with Gasteiger partial charge in [0, 0.05) is 18.0 Å². The molecule has 2 aliphatic rings. The molecule has 2 heterocycles. The smallest absolute Gasteiger partial charge is 0.261 e. The Kier molecular flexibility index (Phi) is 6.48. The van der Waals surface area contributed by atoms with Crippen molar-refractivity contribution in [3.8, 4) is 0 Å². The SMILES string of the molecule is Cc1cccc(C)c1NS(=O)(=O)c1ccc2c(c1)NC(=O)[C@@H](C(=O)N1CCCCCC1)S2. The van der Waals surface area contributed by atoms with Crippen LogP contribution in [-0.4, -0.2) is 43.5 Å². The molecule has 9 heteroatoms. The van der Waals surface area contributed by atoms with Crippen LogP contribution in [-0.2, 0) is 19.6 Å². The summed E-state index contributed by atoms with van der Waals surface area (Å²) in [7, 11) is -3.85. The molecule has 1 atom stereocenters. The zero-order valence-electron chi connectivity index (χ0n) is 18.2. The maximum absolute atomic E-state index is 13.0. The molecule has 0 radical (unpaired) electrons. The van der Waals surface area contributed by atoms with E-state index < -0.39 is 21.2 Å². The van der Waals surface area contributed by atoms with Gasteiger partial charge in [-0.05, 0) is 56.0 Å². The molecule has 1 saturated heterocycles. The molecule has 2 N–H and O–H groups in total. The molecule has 2 amide bonds. The van der Waals surface area contributed by atoms with Crippen LogP contribution in [0.2, 0.25) is 0 Å². The van der Waals surface area contributed by atoms with E-state index in [1.807, 2.05) is 32.0 Å². The standard InChI is InChI=1S/C23H27N3O4S2/c1-15-8-7-9-16(2)20(15)25-32(29,30)17-10-11-19-18(14-17)24-22(27)21(31-19)23(28)26-12-5-3-4-6-13-26/h7-11,14,21,25H,3-6,12-13H2,1-2H3,(H,24,27)/t21-/m0/s1. The van der Waals surface area contributed by atoms with Crippen molar-refractivity contribution in [3.63, 3.8) is 0 Å². The van der Waals surface area contributed by atoms with Gasteiger partial charge in [-0.15, -0.1) is 11.8 Å². The minimum absolute atomic E-state index is 0.0529. The molecule has 2 aliphatic heterocycles. The lowest BCUT2D eigenvalue weighted by Crippen LogP contribution is -2.45. The van der Waals surface area contributed by atoms with Crippen LogP contribution in [0.1, 0.15) is 36.8 Å². The molecule has 0 unspecified atom stereocenters. The van der Waals surface area contributed by atoms with Crippen LogP contribution in [0.4, 0.5) is 11.4 Å². The van der Waals surface area contributed by atoms with Gasteiger partial charge in [0.05, 0.1) is 16.3 Å². The third kappa shape index (κ3) is 4.63. The predicted molar refractivity (Wildman–Crippen MR) is 126 cm³/mol. The number of hydrogen-bond acceptors (Lipinski definition) is 5. The van der Waals surface area contributed by atoms with E-state index in [4.69, 9.17) is 0 Å². The van der Waals surface area contributed by atoms with Crippen molar-refractivity contribution in [2.45, 2.75) is 54.6 Å². The molecule has 2 aromatic rings. The van der Waals surface area contributed by atoms with E-state index in [2.05, 4.69) is 10.0 Å². The first kappa shape index (κ1) is 22.7. The summed E-state index contributed by atoms with van der Waals surface area (Å²) in [6.07, 6.45) is 4.11. The number of anilines is 2. The minimum Gasteiger partial charge on any atom is -0.341 e. The summed E-state index contributed by atoms with van der Waals surface area (Å²) in [5.41, 5.74) is 2.60. The molecule has 4 rings (SSSR count). The third-order valence-electron chi connectivity index (χ3n) is 5.86. The topological polar surface area (TPSA) is 95.6 Å². The normalized spacial score (nSPS) is 19.0. The molecule has 1 fully saturated rings. The summed E-state index contributed by atoms with van der Waals surface area (Å²) in [6, 6.07) is 10.2. The number of para-hydroxylation sites is 1. The summed E-state index contributed by atoms with van der Waals surface area (Å²) in [5.74, 6) is -0.581. The van der Waals surface area contributed by atoms with E-state index in [0.717, 1.165) is 36.8 Å². The quantitative estimate of drug-likeness (QED) is 0.656. The van der Waals surface area contributed by atoms with Gasteiger partial charge in [0.2, 0.25) is 11.8 Å². The van der Waals surface area contributed by atoms with Crippen molar-refractivity contribution in [1.29, 1.82) is 0 Å². The van der Waals surface area contributed by atoms with Gasteiger partial charge in [-0.3, -0.25) is 14.3 Å². The van der Waals surface area contributed by atoms with Gasteiger partial charge in [0.1, 0.15) is 0 Å². The molecule has 0 bridgehead atoms. The van der Waals surface area contributed by atoms with E-state index in [1.165, 1.54) is 23.9 Å². The minimum atomic E-state index is -3.85. The highest BCUT2D eigenvalue weighted by atomic mass is 32.2. The van der Waals surface area contributed by atoms with Crippen molar-refractivity contribution in [3.05, 3.63) is 47.5 Å². The molecule has 32 heavy (non-hydrogen) atoms. The number of carbonyl (C=O) groups excluding carboxylic acids is 2. The first-order chi connectivity index (χ1) is 15.3. The van der Waals surface area contributed by atoms with E-state index in [-0.39, 0.29) is 10.8 Å². The van der Waals surface area contributed by atoms with Gasteiger partial charge in [0.25, 0.3) is 10.0 Å². The Morgan fingerprint density at radius 3 is 2.38 bits per heavy atom. The van der Waals surface area contributed by atoms with E-state index in [9.17, 15) is 18.0 Å². The fourth-order valence-electron chi connectivity index (χ4n) is 4.04. The summed E-state index contributed by atoms with van der Waals surface area (Å²) >= 11 is 1.18. The number of benzene rings is 2. The predicted octanol–water partition coefficient (Wildman–Crippen LogP) is 3.92. The zero-order valence-corrected chi connectivity index (χ0v) is 19.8. The second kappa shape index (κ2) is 9.15. The number of carbonyl (C=O) groups is 2. The number of fused-ring (bicyclic) bond motifs is 1. The number of sulfonamides is 1. The van der Waals surface area contributed by atoms with Crippen molar-refractivity contribution in [2.24, 2.45) is 0 Å². The average Bonchev–Trinajstić information content (AvgIpc) is 3.05. The average molecular weight is 474 g/mol. The van der Waals surface area contributed by atoms with Crippen molar-refractivity contribution in [1.82, 2.24) is 4.90 Å². The lowest BCUT2D eigenvalue weighted by molar-refractivity contribution is -0.133. The van der Waals surface area contributed by atoms with E-state index in [1.54, 1.807) is 11.0 Å². The van der Waals surface area contributed by atoms with Gasteiger partial charge in [-0.2, -0.15) is 0 Å². The zero-order chi connectivity index (χ0) is 22.9. The van der Waals surface area contributed by atoms with Crippen LogP contribution in [0.3, 0.4) is 0 Å². The number of thioether (sulfide) groups is 1. The molecule has 0 spiro atoms. The Morgan fingerprint density at radius 2 is 1.72 bits per heavy atom. The Bertz CT molecular complexity index is 1140. The lowest BCUT2D eigenvalue weighted by Gasteiger charge is -2.29. The Hall–Kier alpha value is -2.52. The molecule has 170 valence electrons. The number of amides is 2. The van der Waals surface area contributed by atoms with Crippen LogP contribution in [0.15, 0.2) is 46.2 Å². The number of nitrogens with one attached hydrogen (secondary N) is 2. The number of aryl methyl sites for hydroxylation is 2. The van der Waals surface area contributed by atoms with Crippen molar-refractivity contribution >= 4 is 45.0 Å². The highest BCUT2D eigenvalue weighted by molar-refractivity contribution is 8.01. The Labute approximate surface area is 193 Å². The number of nitrogens with zero attached hydrogens (tertiary/aromatic N) is 1. The summed E-state index contributed by atoms with van der Waals surface area (Å²) in [5, 5.41) is 1.89. The summed E-state index contributed by atoms with van der Waals surface area (Å²) in [6.45, 7) is 5.04. The first-order valence-electron chi connectivity index (χ1n) is 10.8. The highest BCUT2D eigenvalue weighted by Crippen LogP contribution is 2.38. The Balaban J connectivity index is 1.55. The largest absolute Gasteiger partial charge is 0.341 e. The van der Waals surface area contributed by atoms with E-state index in [0.29, 0.717) is 29.4 Å². The molecule has 0 saturated carbocycles. The van der Waals surface area contributed by atoms with Gasteiger partial charge in [-0.25, -0.2) is 8.42 Å². The number of hydrogen-bond donors (Lipinski definition) is 2. The highest BCUT2D eigenvalue weighted by Gasteiger charge is 2.36.